The zero-order chi connectivity index (χ0) is 14.5. The standard InChI is InChI=1S/C16H27NO3/c1-12(20-2)9-10-16(19)17-11-5-7-14(17)13-6-3-4-8-15(13)18/h12-14H,3-11H2,1-2H3. The second kappa shape index (κ2) is 7.21. The lowest BCUT2D eigenvalue weighted by molar-refractivity contribution is -0.136. The first-order chi connectivity index (χ1) is 9.63. The minimum absolute atomic E-state index is 0.107. The van der Waals surface area contributed by atoms with Crippen molar-refractivity contribution in [3.8, 4) is 0 Å². The van der Waals surface area contributed by atoms with Gasteiger partial charge in [-0.05, 0) is 39.0 Å². The van der Waals surface area contributed by atoms with Crippen LogP contribution in [-0.2, 0) is 14.3 Å². The Morgan fingerprint density at radius 1 is 1.35 bits per heavy atom. The smallest absolute Gasteiger partial charge is 0.222 e. The summed E-state index contributed by atoms with van der Waals surface area (Å²) in [6.07, 6.45) is 7.31. The number of carbonyl (C=O) groups excluding carboxylic acids is 2. The van der Waals surface area contributed by atoms with Crippen LogP contribution in [0.25, 0.3) is 0 Å². The van der Waals surface area contributed by atoms with Crippen molar-refractivity contribution in [2.45, 2.75) is 70.4 Å². The maximum Gasteiger partial charge on any atom is 0.222 e. The number of Topliss-reactive ketones (excluding diaryl/α,β-unsaturated/α-hetero) is 1. The molecule has 0 aromatic carbocycles. The van der Waals surface area contributed by atoms with Gasteiger partial charge in [0.05, 0.1) is 6.10 Å². The van der Waals surface area contributed by atoms with E-state index in [0.717, 1.165) is 45.1 Å². The molecule has 2 fully saturated rings. The highest BCUT2D eigenvalue weighted by Gasteiger charge is 2.38. The zero-order valence-electron chi connectivity index (χ0n) is 12.8. The van der Waals surface area contributed by atoms with Gasteiger partial charge in [0.15, 0.2) is 0 Å². The van der Waals surface area contributed by atoms with Gasteiger partial charge in [0, 0.05) is 38.5 Å². The molecule has 2 aliphatic rings. The van der Waals surface area contributed by atoms with E-state index in [-0.39, 0.29) is 24.0 Å². The number of hydrogen-bond donors (Lipinski definition) is 0. The third-order valence-electron chi connectivity index (χ3n) is 4.85. The largest absolute Gasteiger partial charge is 0.382 e. The number of amides is 1. The second-order valence-electron chi connectivity index (χ2n) is 6.20. The summed E-state index contributed by atoms with van der Waals surface area (Å²) in [4.78, 5) is 26.5. The number of methoxy groups -OCH3 is 1. The van der Waals surface area contributed by atoms with E-state index in [2.05, 4.69) is 0 Å². The lowest BCUT2D eigenvalue weighted by atomic mass is 9.81. The third kappa shape index (κ3) is 3.60. The zero-order valence-corrected chi connectivity index (χ0v) is 12.8. The van der Waals surface area contributed by atoms with Gasteiger partial charge in [0.2, 0.25) is 5.91 Å². The van der Waals surface area contributed by atoms with Crippen molar-refractivity contribution in [1.82, 2.24) is 4.90 Å². The highest BCUT2D eigenvalue weighted by molar-refractivity contribution is 5.84. The maximum atomic E-state index is 12.4. The van der Waals surface area contributed by atoms with Crippen LogP contribution in [0.4, 0.5) is 0 Å². The van der Waals surface area contributed by atoms with E-state index in [1.165, 1.54) is 0 Å². The van der Waals surface area contributed by atoms with Crippen LogP contribution < -0.4 is 0 Å². The molecule has 0 aromatic rings. The average Bonchev–Trinajstić information content (AvgIpc) is 2.94. The van der Waals surface area contributed by atoms with Gasteiger partial charge in [-0.2, -0.15) is 0 Å². The molecule has 4 nitrogen and oxygen atoms in total. The van der Waals surface area contributed by atoms with Crippen LogP contribution in [0.15, 0.2) is 0 Å². The van der Waals surface area contributed by atoms with Crippen molar-refractivity contribution < 1.29 is 14.3 Å². The first-order valence-electron chi connectivity index (χ1n) is 7.98. The van der Waals surface area contributed by atoms with Gasteiger partial charge in [-0.15, -0.1) is 0 Å². The molecule has 20 heavy (non-hydrogen) atoms. The molecule has 1 aliphatic carbocycles. The van der Waals surface area contributed by atoms with Gasteiger partial charge in [-0.3, -0.25) is 9.59 Å². The van der Waals surface area contributed by atoms with Gasteiger partial charge in [-0.25, -0.2) is 0 Å². The SMILES string of the molecule is COC(C)CCC(=O)N1CCCC1C1CCCCC1=O. The second-order valence-corrected chi connectivity index (χ2v) is 6.20. The van der Waals surface area contributed by atoms with Crippen molar-refractivity contribution >= 4 is 11.7 Å². The molecule has 0 spiro atoms. The van der Waals surface area contributed by atoms with Crippen molar-refractivity contribution in [1.29, 1.82) is 0 Å². The summed E-state index contributed by atoms with van der Waals surface area (Å²) in [7, 11) is 1.68. The van der Waals surface area contributed by atoms with Crippen LogP contribution in [0.1, 0.15) is 58.3 Å². The van der Waals surface area contributed by atoms with Gasteiger partial charge in [0.1, 0.15) is 5.78 Å². The number of ketones is 1. The van der Waals surface area contributed by atoms with E-state index in [0.29, 0.717) is 18.6 Å². The molecule has 4 heteroatoms. The quantitative estimate of drug-likeness (QED) is 0.778. The lowest BCUT2D eigenvalue weighted by Gasteiger charge is -2.33. The minimum atomic E-state index is 0.107. The highest BCUT2D eigenvalue weighted by Crippen LogP contribution is 2.32. The van der Waals surface area contributed by atoms with Crippen LogP contribution in [0.5, 0.6) is 0 Å². The summed E-state index contributed by atoms with van der Waals surface area (Å²) in [5.41, 5.74) is 0. The minimum Gasteiger partial charge on any atom is -0.382 e. The molecule has 1 heterocycles. The number of ether oxygens (including phenoxy) is 1. The molecule has 3 atom stereocenters. The van der Waals surface area contributed by atoms with E-state index in [1.54, 1.807) is 7.11 Å². The summed E-state index contributed by atoms with van der Waals surface area (Å²) in [6, 6.07) is 0.174. The molecule has 0 radical (unpaired) electrons. The predicted molar refractivity (Wildman–Crippen MR) is 77.4 cm³/mol. The average molecular weight is 281 g/mol. The number of hydrogen-bond acceptors (Lipinski definition) is 3. The maximum absolute atomic E-state index is 12.4. The predicted octanol–water partition coefficient (Wildman–Crippen LogP) is 2.55. The highest BCUT2D eigenvalue weighted by atomic mass is 16.5. The Bertz CT molecular complexity index is 356. The molecule has 3 unspecified atom stereocenters. The molecule has 1 aliphatic heterocycles. The van der Waals surface area contributed by atoms with Crippen molar-refractivity contribution in [2.75, 3.05) is 13.7 Å². The van der Waals surface area contributed by atoms with Crippen molar-refractivity contribution in [3.63, 3.8) is 0 Å². The summed E-state index contributed by atoms with van der Waals surface area (Å²) in [5, 5.41) is 0. The molecule has 1 saturated carbocycles. The first-order valence-corrected chi connectivity index (χ1v) is 7.98. The summed E-state index contributed by atoms with van der Waals surface area (Å²) in [5.74, 6) is 0.691. The van der Waals surface area contributed by atoms with Gasteiger partial charge in [0.25, 0.3) is 0 Å². The summed E-state index contributed by atoms with van der Waals surface area (Å²) in [6.45, 7) is 2.81. The van der Waals surface area contributed by atoms with E-state index in [9.17, 15) is 9.59 Å². The Balaban J connectivity index is 1.92. The van der Waals surface area contributed by atoms with Crippen molar-refractivity contribution in [3.05, 3.63) is 0 Å². The molecule has 114 valence electrons. The Morgan fingerprint density at radius 3 is 2.85 bits per heavy atom. The molecular formula is C16H27NO3. The van der Waals surface area contributed by atoms with Crippen LogP contribution in [-0.4, -0.2) is 42.4 Å². The molecule has 0 bridgehead atoms. The number of rotatable bonds is 5. The van der Waals surface area contributed by atoms with Crippen molar-refractivity contribution in [2.24, 2.45) is 5.92 Å². The fourth-order valence-corrected chi connectivity index (χ4v) is 3.53. The fourth-order valence-electron chi connectivity index (χ4n) is 3.53. The van der Waals surface area contributed by atoms with Gasteiger partial charge >= 0.3 is 0 Å². The summed E-state index contributed by atoms with van der Waals surface area (Å²) >= 11 is 0. The van der Waals surface area contributed by atoms with E-state index >= 15 is 0 Å². The fraction of sp³-hybridized carbons (Fsp3) is 0.875. The van der Waals surface area contributed by atoms with E-state index in [4.69, 9.17) is 4.74 Å². The topological polar surface area (TPSA) is 46.6 Å². The summed E-state index contributed by atoms with van der Waals surface area (Å²) < 4.78 is 5.20. The third-order valence-corrected chi connectivity index (χ3v) is 4.85. The number of likely N-dealkylation sites (tertiary alicyclic amines) is 1. The first kappa shape index (κ1) is 15.5. The molecule has 1 amide bonds. The Hall–Kier alpha value is -0.900. The Labute approximate surface area is 121 Å². The molecule has 0 aromatic heterocycles. The van der Waals surface area contributed by atoms with Gasteiger partial charge < -0.3 is 9.64 Å². The Kier molecular flexibility index (Phi) is 5.58. The Morgan fingerprint density at radius 2 is 2.15 bits per heavy atom. The lowest BCUT2D eigenvalue weighted by Crippen LogP contribution is -2.43. The molecule has 0 N–H and O–H groups in total. The molecular weight excluding hydrogens is 254 g/mol. The van der Waals surface area contributed by atoms with E-state index < -0.39 is 0 Å². The van der Waals surface area contributed by atoms with Crippen LogP contribution in [0.3, 0.4) is 0 Å². The monoisotopic (exact) mass is 281 g/mol. The van der Waals surface area contributed by atoms with Gasteiger partial charge in [-0.1, -0.05) is 6.42 Å². The molecule has 2 rings (SSSR count). The van der Waals surface area contributed by atoms with E-state index in [1.807, 2.05) is 11.8 Å². The molecule has 1 saturated heterocycles. The normalized spacial score (nSPS) is 28.7. The number of carbonyl (C=O) groups is 2. The van der Waals surface area contributed by atoms with Crippen LogP contribution in [0, 0.1) is 5.92 Å². The van der Waals surface area contributed by atoms with Crippen LogP contribution >= 0.6 is 0 Å². The number of nitrogens with zero attached hydrogens (tertiary/aromatic N) is 1. The van der Waals surface area contributed by atoms with Crippen LogP contribution in [0.2, 0.25) is 0 Å².